The van der Waals surface area contributed by atoms with Crippen molar-refractivity contribution in [2.24, 2.45) is 0 Å². The van der Waals surface area contributed by atoms with Gasteiger partial charge in [0, 0.05) is 6.04 Å². The number of anilines is 1. The minimum Gasteiger partial charge on any atom is -0.461 e. The summed E-state index contributed by atoms with van der Waals surface area (Å²) in [5.41, 5.74) is 6.02. The third-order valence-corrected chi connectivity index (χ3v) is 2.37. The van der Waals surface area contributed by atoms with E-state index < -0.39 is 5.97 Å². The van der Waals surface area contributed by atoms with Gasteiger partial charge in [0.25, 0.3) is 0 Å². The van der Waals surface area contributed by atoms with Gasteiger partial charge in [0.15, 0.2) is 5.69 Å². The van der Waals surface area contributed by atoms with Crippen LogP contribution < -0.4 is 5.73 Å². The Morgan fingerprint density at radius 1 is 1.67 bits per heavy atom. The minimum absolute atomic E-state index is 0.206. The molecule has 0 spiro atoms. The zero-order chi connectivity index (χ0) is 11.4. The van der Waals surface area contributed by atoms with Crippen molar-refractivity contribution >= 4 is 11.8 Å². The summed E-state index contributed by atoms with van der Waals surface area (Å²) < 4.78 is 6.62. The number of nitrogens with two attached hydrogens (primary N) is 1. The van der Waals surface area contributed by atoms with Gasteiger partial charge in [-0.3, -0.25) is 0 Å². The van der Waals surface area contributed by atoms with Crippen LogP contribution in [0, 0.1) is 0 Å². The summed E-state index contributed by atoms with van der Waals surface area (Å²) in [6, 6.07) is 0.237. The lowest BCUT2D eigenvalue weighted by Gasteiger charge is -2.11. The second-order valence-electron chi connectivity index (χ2n) is 3.36. The van der Waals surface area contributed by atoms with E-state index in [1.807, 2.05) is 13.8 Å². The summed E-state index contributed by atoms with van der Waals surface area (Å²) >= 11 is 0. The molecule has 0 aliphatic heterocycles. The Morgan fingerprint density at radius 3 is 2.87 bits per heavy atom. The Hall–Kier alpha value is -1.52. The fourth-order valence-electron chi connectivity index (χ4n) is 1.28. The van der Waals surface area contributed by atoms with Crippen LogP contribution in [-0.2, 0) is 4.74 Å². The molecule has 2 N–H and O–H groups in total. The summed E-state index contributed by atoms with van der Waals surface area (Å²) in [4.78, 5) is 15.4. The molecular formula is C10H17N3O2. The molecule has 1 aromatic heterocycles. The summed E-state index contributed by atoms with van der Waals surface area (Å²) in [7, 11) is 0. The maximum absolute atomic E-state index is 11.4. The number of aromatic nitrogens is 2. The van der Waals surface area contributed by atoms with Crippen molar-refractivity contribution in [3.63, 3.8) is 0 Å². The molecule has 0 saturated heterocycles. The second-order valence-corrected chi connectivity index (χ2v) is 3.36. The standard InChI is InChI=1S/C10H17N3O2/c1-4-7(3)13-6-12-8(9(13)11)10(14)15-5-2/h6-7H,4-5,11H2,1-3H3. The summed E-state index contributed by atoms with van der Waals surface area (Å²) in [5.74, 6) is -0.0835. The van der Waals surface area contributed by atoms with Gasteiger partial charge < -0.3 is 15.0 Å². The molecule has 5 heteroatoms. The quantitative estimate of drug-likeness (QED) is 0.768. The van der Waals surface area contributed by atoms with Crippen LogP contribution in [0.3, 0.4) is 0 Å². The Labute approximate surface area is 89.2 Å². The molecule has 0 saturated carbocycles. The van der Waals surface area contributed by atoms with Crippen molar-refractivity contribution in [2.75, 3.05) is 12.3 Å². The molecule has 0 aromatic carbocycles. The first-order valence-corrected chi connectivity index (χ1v) is 5.11. The van der Waals surface area contributed by atoms with E-state index in [4.69, 9.17) is 10.5 Å². The summed E-state index contributed by atoms with van der Waals surface area (Å²) in [6.45, 7) is 6.15. The largest absolute Gasteiger partial charge is 0.461 e. The molecule has 0 aliphatic carbocycles. The Bertz CT molecular complexity index is 346. The Kier molecular flexibility index (Phi) is 3.71. The van der Waals surface area contributed by atoms with Crippen molar-refractivity contribution < 1.29 is 9.53 Å². The van der Waals surface area contributed by atoms with E-state index >= 15 is 0 Å². The average Bonchev–Trinajstić information content (AvgIpc) is 2.59. The highest BCUT2D eigenvalue weighted by Gasteiger charge is 2.18. The first-order chi connectivity index (χ1) is 7.11. The summed E-state index contributed by atoms with van der Waals surface area (Å²) in [6.07, 6.45) is 2.51. The van der Waals surface area contributed by atoms with Crippen LogP contribution in [0.2, 0.25) is 0 Å². The maximum Gasteiger partial charge on any atom is 0.360 e. The van der Waals surface area contributed by atoms with Crippen LogP contribution in [0.1, 0.15) is 43.7 Å². The van der Waals surface area contributed by atoms with Gasteiger partial charge >= 0.3 is 5.97 Å². The smallest absolute Gasteiger partial charge is 0.360 e. The molecule has 0 amide bonds. The molecule has 84 valence electrons. The third-order valence-electron chi connectivity index (χ3n) is 2.37. The number of esters is 1. The normalized spacial score (nSPS) is 12.5. The van der Waals surface area contributed by atoms with Crippen LogP contribution in [0.5, 0.6) is 0 Å². The fraction of sp³-hybridized carbons (Fsp3) is 0.600. The number of carbonyl (C=O) groups is 1. The number of nitrogens with zero attached hydrogens (tertiary/aromatic N) is 2. The van der Waals surface area contributed by atoms with Gasteiger partial charge in [-0.25, -0.2) is 9.78 Å². The monoisotopic (exact) mass is 211 g/mol. The topological polar surface area (TPSA) is 70.1 Å². The van der Waals surface area contributed by atoms with E-state index in [2.05, 4.69) is 4.98 Å². The number of hydrogen-bond donors (Lipinski definition) is 1. The van der Waals surface area contributed by atoms with Crippen LogP contribution in [-0.4, -0.2) is 22.1 Å². The Morgan fingerprint density at radius 2 is 2.33 bits per heavy atom. The lowest BCUT2D eigenvalue weighted by atomic mass is 10.2. The van der Waals surface area contributed by atoms with E-state index in [-0.39, 0.29) is 11.7 Å². The molecule has 1 unspecified atom stereocenters. The van der Waals surface area contributed by atoms with Gasteiger partial charge in [0.05, 0.1) is 12.9 Å². The third kappa shape index (κ3) is 2.29. The van der Waals surface area contributed by atoms with Crippen LogP contribution in [0.4, 0.5) is 5.82 Å². The molecule has 0 fully saturated rings. The van der Waals surface area contributed by atoms with Crippen molar-refractivity contribution in [1.29, 1.82) is 0 Å². The van der Waals surface area contributed by atoms with E-state index in [1.165, 1.54) is 0 Å². The number of ether oxygens (including phenoxy) is 1. The van der Waals surface area contributed by atoms with E-state index in [0.29, 0.717) is 12.4 Å². The molecule has 0 radical (unpaired) electrons. The van der Waals surface area contributed by atoms with Gasteiger partial charge in [0.2, 0.25) is 0 Å². The molecule has 1 heterocycles. The van der Waals surface area contributed by atoms with Gasteiger partial charge in [0.1, 0.15) is 5.82 Å². The van der Waals surface area contributed by atoms with Crippen molar-refractivity contribution in [1.82, 2.24) is 9.55 Å². The van der Waals surface area contributed by atoms with Gasteiger partial charge in [-0.2, -0.15) is 0 Å². The Balaban J connectivity index is 2.93. The van der Waals surface area contributed by atoms with Crippen LogP contribution in [0.25, 0.3) is 0 Å². The average molecular weight is 211 g/mol. The number of imidazole rings is 1. The molecule has 1 aromatic rings. The van der Waals surface area contributed by atoms with E-state index in [1.54, 1.807) is 17.8 Å². The van der Waals surface area contributed by atoms with Crippen molar-refractivity contribution in [3.05, 3.63) is 12.0 Å². The van der Waals surface area contributed by atoms with E-state index in [9.17, 15) is 4.79 Å². The van der Waals surface area contributed by atoms with Gasteiger partial charge in [-0.1, -0.05) is 6.92 Å². The molecular weight excluding hydrogens is 194 g/mol. The van der Waals surface area contributed by atoms with Crippen molar-refractivity contribution in [3.8, 4) is 0 Å². The van der Waals surface area contributed by atoms with Gasteiger partial charge in [-0.15, -0.1) is 0 Å². The molecule has 1 rings (SSSR count). The number of hydrogen-bond acceptors (Lipinski definition) is 4. The highest BCUT2D eigenvalue weighted by atomic mass is 16.5. The number of rotatable bonds is 4. The zero-order valence-corrected chi connectivity index (χ0v) is 9.36. The fourth-order valence-corrected chi connectivity index (χ4v) is 1.28. The first kappa shape index (κ1) is 11.6. The zero-order valence-electron chi connectivity index (χ0n) is 9.36. The lowest BCUT2D eigenvalue weighted by molar-refractivity contribution is 0.0521. The molecule has 0 bridgehead atoms. The highest BCUT2D eigenvalue weighted by Crippen LogP contribution is 2.19. The van der Waals surface area contributed by atoms with Gasteiger partial charge in [-0.05, 0) is 20.3 Å². The second kappa shape index (κ2) is 4.82. The van der Waals surface area contributed by atoms with Crippen LogP contribution in [0.15, 0.2) is 6.33 Å². The number of carbonyl (C=O) groups excluding carboxylic acids is 1. The predicted molar refractivity (Wildman–Crippen MR) is 57.6 cm³/mol. The minimum atomic E-state index is -0.461. The maximum atomic E-state index is 11.4. The van der Waals surface area contributed by atoms with Crippen LogP contribution >= 0.6 is 0 Å². The number of nitrogen functional groups attached to an aromatic ring is 1. The summed E-state index contributed by atoms with van der Waals surface area (Å²) in [5, 5.41) is 0. The lowest BCUT2D eigenvalue weighted by Crippen LogP contribution is -2.11. The van der Waals surface area contributed by atoms with E-state index in [0.717, 1.165) is 6.42 Å². The first-order valence-electron chi connectivity index (χ1n) is 5.11. The molecule has 15 heavy (non-hydrogen) atoms. The SMILES string of the molecule is CCOC(=O)c1ncn(C(C)CC)c1N. The molecule has 1 atom stereocenters. The molecule has 5 nitrogen and oxygen atoms in total. The highest BCUT2D eigenvalue weighted by molar-refractivity contribution is 5.92. The molecule has 0 aliphatic rings. The van der Waals surface area contributed by atoms with Crippen molar-refractivity contribution in [2.45, 2.75) is 33.2 Å². The predicted octanol–water partition coefficient (Wildman–Crippen LogP) is 1.61.